The molecule has 3 heterocycles. The first-order valence-electron chi connectivity index (χ1n) is 10.0. The van der Waals surface area contributed by atoms with E-state index in [1.807, 2.05) is 0 Å². The van der Waals surface area contributed by atoms with Crippen LogP contribution in [0.2, 0.25) is 0 Å². The lowest BCUT2D eigenvalue weighted by Crippen LogP contribution is -2.27. The third kappa shape index (κ3) is 5.40. The topological polar surface area (TPSA) is 142 Å². The molecule has 0 radical (unpaired) electrons. The molecule has 11 nitrogen and oxygen atoms in total. The molecule has 0 unspecified atom stereocenters. The molecule has 15 heteroatoms. The van der Waals surface area contributed by atoms with E-state index in [1.54, 1.807) is 18.2 Å². The van der Waals surface area contributed by atoms with Crippen LogP contribution in [0.25, 0.3) is 0 Å². The molecule has 0 bridgehead atoms. The highest BCUT2D eigenvalue weighted by Gasteiger charge is 2.35. The van der Waals surface area contributed by atoms with Crippen LogP contribution >= 0.6 is 0 Å². The molecule has 0 aliphatic carbocycles. The van der Waals surface area contributed by atoms with Crippen LogP contribution in [0, 0.1) is 0 Å². The predicted octanol–water partition coefficient (Wildman–Crippen LogP) is 2.53. The minimum atomic E-state index is -4.75. The van der Waals surface area contributed by atoms with Gasteiger partial charge < -0.3 is 16.0 Å². The number of benzene rings is 1. The Bertz CT molecular complexity index is 1400. The van der Waals surface area contributed by atoms with Gasteiger partial charge in [0.2, 0.25) is 21.9 Å². The van der Waals surface area contributed by atoms with E-state index in [2.05, 4.69) is 35.9 Å². The fraction of sp³-hybridized carbons (Fsp3) is 0.250. The van der Waals surface area contributed by atoms with Crippen LogP contribution in [-0.4, -0.2) is 47.6 Å². The van der Waals surface area contributed by atoms with E-state index in [0.29, 0.717) is 17.6 Å². The molecule has 1 aromatic carbocycles. The fourth-order valence-electron chi connectivity index (χ4n) is 3.32. The molecule has 0 spiro atoms. The zero-order valence-corrected chi connectivity index (χ0v) is 19.2. The summed E-state index contributed by atoms with van der Waals surface area (Å²) in [7, 11) is -2.40. The molecule has 0 saturated carbocycles. The Morgan fingerprint density at radius 2 is 1.97 bits per heavy atom. The number of carbonyl (C=O) groups excluding carboxylic acids is 1. The van der Waals surface area contributed by atoms with Crippen LogP contribution in [0.15, 0.2) is 36.9 Å². The smallest absolute Gasteiger partial charge is 0.365 e. The first-order chi connectivity index (χ1) is 16.4. The average Bonchev–Trinajstić information content (AvgIpc) is 3.15. The summed E-state index contributed by atoms with van der Waals surface area (Å²) in [5, 5.41) is 8.11. The minimum Gasteiger partial charge on any atom is -0.365 e. The number of fused-ring (bicyclic) bond motifs is 1. The second kappa shape index (κ2) is 8.98. The van der Waals surface area contributed by atoms with Gasteiger partial charge in [-0.15, -0.1) is 0 Å². The van der Waals surface area contributed by atoms with Crippen LogP contribution in [0.1, 0.15) is 16.7 Å². The van der Waals surface area contributed by atoms with Gasteiger partial charge in [-0.3, -0.25) is 9.10 Å². The summed E-state index contributed by atoms with van der Waals surface area (Å²) < 4.78 is 65.5. The van der Waals surface area contributed by atoms with Gasteiger partial charge in [-0.1, -0.05) is 0 Å². The molecule has 1 amide bonds. The van der Waals surface area contributed by atoms with Gasteiger partial charge in [0.15, 0.2) is 0 Å². The number of alkyl halides is 3. The molecule has 3 N–H and O–H groups in total. The molecular weight excluding hydrogens is 489 g/mol. The van der Waals surface area contributed by atoms with Gasteiger partial charge in [0, 0.05) is 42.9 Å². The van der Waals surface area contributed by atoms with Gasteiger partial charge in [0.25, 0.3) is 0 Å². The number of aromatic nitrogens is 4. The van der Waals surface area contributed by atoms with E-state index < -0.39 is 27.6 Å². The number of rotatable bonds is 7. The van der Waals surface area contributed by atoms with Crippen molar-refractivity contribution in [2.45, 2.75) is 19.1 Å². The first-order valence-corrected chi connectivity index (χ1v) is 11.9. The highest BCUT2D eigenvalue weighted by molar-refractivity contribution is 7.92. The van der Waals surface area contributed by atoms with Crippen molar-refractivity contribution in [2.75, 3.05) is 33.6 Å². The summed E-state index contributed by atoms with van der Waals surface area (Å²) in [6.07, 6.45) is -0.518. The molecule has 1 aliphatic rings. The summed E-state index contributed by atoms with van der Waals surface area (Å²) in [6, 6.07) is 4.98. The van der Waals surface area contributed by atoms with Crippen molar-refractivity contribution in [1.82, 2.24) is 19.9 Å². The number of amides is 1. The second-order valence-corrected chi connectivity index (χ2v) is 9.64. The van der Waals surface area contributed by atoms with Crippen molar-refractivity contribution in [2.24, 2.45) is 0 Å². The normalized spacial score (nSPS) is 13.2. The van der Waals surface area contributed by atoms with Crippen LogP contribution in [0.3, 0.4) is 0 Å². The van der Waals surface area contributed by atoms with E-state index in [-0.39, 0.29) is 36.2 Å². The summed E-state index contributed by atoms with van der Waals surface area (Å²) >= 11 is 0. The van der Waals surface area contributed by atoms with E-state index in [4.69, 9.17) is 0 Å². The summed E-state index contributed by atoms with van der Waals surface area (Å²) in [5.74, 6) is -0.780. The molecular formula is C20H19F3N8O3S. The van der Waals surface area contributed by atoms with Gasteiger partial charge in [-0.2, -0.15) is 18.2 Å². The Morgan fingerprint density at radius 1 is 1.20 bits per heavy atom. The molecule has 0 fully saturated rings. The Kier molecular flexibility index (Phi) is 6.19. The third-order valence-electron chi connectivity index (χ3n) is 5.09. The highest BCUT2D eigenvalue weighted by Crippen LogP contribution is 2.35. The summed E-state index contributed by atoms with van der Waals surface area (Å²) in [5.41, 5.74) is 1.01. The molecule has 3 aromatic rings. The van der Waals surface area contributed by atoms with Gasteiger partial charge in [-0.25, -0.2) is 23.4 Å². The SMILES string of the molecule is CN(c1ncncc1CNc1nc(Nc2ccc3c(c2)CC(=O)N3)ncc1C(F)(F)F)S(C)(=O)=O. The molecule has 35 heavy (non-hydrogen) atoms. The van der Waals surface area contributed by atoms with E-state index in [1.165, 1.54) is 13.2 Å². The van der Waals surface area contributed by atoms with Crippen LogP contribution in [0.5, 0.6) is 0 Å². The molecule has 2 aromatic heterocycles. The Morgan fingerprint density at radius 3 is 2.69 bits per heavy atom. The number of carbonyl (C=O) groups is 1. The van der Waals surface area contributed by atoms with Gasteiger partial charge in [0.1, 0.15) is 23.5 Å². The highest BCUT2D eigenvalue weighted by atomic mass is 32.2. The summed E-state index contributed by atoms with van der Waals surface area (Å²) in [6.45, 7) is -0.248. The molecule has 4 rings (SSSR count). The standard InChI is InChI=1S/C20H19F3N8O3S/c1-31(35(2,33)34)18-12(7-24-10-27-18)8-25-17-14(20(21,22)23)9-26-19(30-17)28-13-3-4-15-11(5-13)6-16(32)29-15/h3-5,7,9-10H,6,8H2,1-2H3,(H,29,32)(H2,25,26,28,30). The minimum absolute atomic E-state index is 0.0114. The van der Waals surface area contributed by atoms with E-state index in [9.17, 15) is 26.4 Å². The van der Waals surface area contributed by atoms with Crippen LogP contribution < -0.4 is 20.3 Å². The maximum atomic E-state index is 13.6. The molecule has 184 valence electrons. The molecule has 1 aliphatic heterocycles. The number of nitrogens with zero attached hydrogens (tertiary/aromatic N) is 5. The van der Waals surface area contributed by atoms with E-state index >= 15 is 0 Å². The lowest BCUT2D eigenvalue weighted by Gasteiger charge is -2.19. The number of anilines is 5. The van der Waals surface area contributed by atoms with Crippen LogP contribution in [0.4, 0.5) is 42.1 Å². The Balaban J connectivity index is 1.61. The molecule has 0 atom stereocenters. The maximum absolute atomic E-state index is 13.6. The zero-order valence-electron chi connectivity index (χ0n) is 18.4. The van der Waals surface area contributed by atoms with E-state index in [0.717, 1.165) is 22.5 Å². The third-order valence-corrected chi connectivity index (χ3v) is 6.25. The van der Waals surface area contributed by atoms with Crippen molar-refractivity contribution in [3.8, 4) is 0 Å². The van der Waals surface area contributed by atoms with Gasteiger partial charge in [-0.05, 0) is 23.8 Å². The predicted molar refractivity (Wildman–Crippen MR) is 122 cm³/mol. The van der Waals surface area contributed by atoms with Crippen molar-refractivity contribution in [3.05, 3.63) is 53.6 Å². The average molecular weight is 508 g/mol. The van der Waals surface area contributed by atoms with Crippen molar-refractivity contribution in [1.29, 1.82) is 0 Å². The van der Waals surface area contributed by atoms with Gasteiger partial charge in [0.05, 0.1) is 12.7 Å². The number of hydrogen-bond donors (Lipinski definition) is 3. The van der Waals surface area contributed by atoms with Gasteiger partial charge >= 0.3 is 6.18 Å². The number of sulfonamides is 1. The Hall–Kier alpha value is -4.01. The largest absolute Gasteiger partial charge is 0.421 e. The maximum Gasteiger partial charge on any atom is 0.421 e. The number of hydrogen-bond acceptors (Lipinski definition) is 9. The van der Waals surface area contributed by atoms with Crippen molar-refractivity contribution < 1.29 is 26.4 Å². The number of halogens is 3. The van der Waals surface area contributed by atoms with Crippen molar-refractivity contribution in [3.63, 3.8) is 0 Å². The Labute approximate surface area is 197 Å². The first kappa shape index (κ1) is 24.1. The molecule has 0 saturated heterocycles. The van der Waals surface area contributed by atoms with Crippen molar-refractivity contribution >= 4 is 44.9 Å². The lowest BCUT2D eigenvalue weighted by atomic mass is 10.1. The summed E-state index contributed by atoms with van der Waals surface area (Å²) in [4.78, 5) is 27.0. The zero-order chi connectivity index (χ0) is 25.4. The fourth-order valence-corrected chi connectivity index (χ4v) is 3.80. The number of nitrogens with one attached hydrogen (secondary N) is 3. The second-order valence-electron chi connectivity index (χ2n) is 7.63. The van der Waals surface area contributed by atoms with Crippen LogP contribution in [-0.2, 0) is 34.0 Å². The quantitative estimate of drug-likeness (QED) is 0.439. The monoisotopic (exact) mass is 508 g/mol. The lowest BCUT2D eigenvalue weighted by molar-refractivity contribution is -0.137.